The van der Waals surface area contributed by atoms with Crippen molar-refractivity contribution >= 4 is 0 Å². The lowest BCUT2D eigenvalue weighted by Gasteiger charge is -2.51. The number of rotatable bonds is 3. The van der Waals surface area contributed by atoms with Crippen molar-refractivity contribution in [2.45, 2.75) is 64.8 Å². The van der Waals surface area contributed by atoms with Crippen LogP contribution in [0.25, 0.3) is 0 Å². The van der Waals surface area contributed by atoms with Crippen LogP contribution in [0.1, 0.15) is 46.5 Å². The monoisotopic (exact) mass is 315 g/mol. The predicted octanol–water partition coefficient (Wildman–Crippen LogP) is 2.58. The Balaban J connectivity index is 1.89. The van der Waals surface area contributed by atoms with E-state index in [4.69, 9.17) is 30.0 Å². The van der Waals surface area contributed by atoms with Crippen LogP contribution in [-0.2, 0) is 24.1 Å². The van der Waals surface area contributed by atoms with E-state index in [1.807, 2.05) is 6.92 Å². The second-order valence-electron chi connectivity index (χ2n) is 7.37. The highest BCUT2D eigenvalue weighted by Gasteiger charge is 2.55. The van der Waals surface area contributed by atoms with Gasteiger partial charge in [-0.3, -0.25) is 4.84 Å². The Morgan fingerprint density at radius 3 is 2.59 bits per heavy atom. The Hall–Kier alpha value is -0.240. The van der Waals surface area contributed by atoms with Gasteiger partial charge in [0.2, 0.25) is 5.79 Å². The molecule has 3 fully saturated rings. The van der Waals surface area contributed by atoms with Gasteiger partial charge in [-0.15, -0.1) is 0 Å². The molecule has 22 heavy (non-hydrogen) atoms. The van der Waals surface area contributed by atoms with Crippen molar-refractivity contribution in [3.05, 3.63) is 0 Å². The second kappa shape index (κ2) is 6.34. The van der Waals surface area contributed by atoms with Crippen LogP contribution in [0.3, 0.4) is 0 Å². The molecule has 0 aromatic heterocycles. The Labute approximate surface area is 132 Å². The third-order valence-electron chi connectivity index (χ3n) is 6.05. The number of ether oxygens (including phenoxy) is 2. The number of hydrogen-bond acceptors (Lipinski definition) is 6. The van der Waals surface area contributed by atoms with Gasteiger partial charge in [-0.25, -0.2) is 15.7 Å². The maximum atomic E-state index is 6.20. The molecule has 0 aromatic carbocycles. The molecule has 0 radical (unpaired) electrons. The van der Waals surface area contributed by atoms with Crippen molar-refractivity contribution in [3.8, 4) is 0 Å². The third kappa shape index (κ3) is 2.81. The maximum Gasteiger partial charge on any atom is 0.201 e. The van der Waals surface area contributed by atoms with Crippen LogP contribution in [0.5, 0.6) is 0 Å². The fourth-order valence-electron chi connectivity index (χ4n) is 4.83. The van der Waals surface area contributed by atoms with Crippen LogP contribution in [0, 0.1) is 29.6 Å². The summed E-state index contributed by atoms with van der Waals surface area (Å²) in [6.07, 6.45) is 3.48. The minimum Gasteiger partial charge on any atom is -0.321 e. The van der Waals surface area contributed by atoms with E-state index in [2.05, 4.69) is 13.8 Å². The average molecular weight is 315 g/mol. The first-order valence-electron chi connectivity index (χ1n) is 8.39. The summed E-state index contributed by atoms with van der Waals surface area (Å²) in [5.41, 5.74) is 0. The predicted molar refractivity (Wildman–Crippen MR) is 78.8 cm³/mol. The first kappa shape index (κ1) is 16.6. The molecule has 2 saturated heterocycles. The van der Waals surface area contributed by atoms with Crippen LogP contribution < -0.4 is 5.90 Å². The highest BCUT2D eigenvalue weighted by Crippen LogP contribution is 2.53. The molecule has 0 bridgehead atoms. The van der Waals surface area contributed by atoms with Crippen LogP contribution in [0.15, 0.2) is 0 Å². The summed E-state index contributed by atoms with van der Waals surface area (Å²) < 4.78 is 12.3. The van der Waals surface area contributed by atoms with Crippen LogP contribution >= 0.6 is 0 Å². The summed E-state index contributed by atoms with van der Waals surface area (Å²) in [5.74, 6) is 7.05. The summed E-state index contributed by atoms with van der Waals surface area (Å²) in [5, 5.41) is 0. The first-order valence-corrected chi connectivity index (χ1v) is 8.39. The zero-order valence-electron chi connectivity index (χ0n) is 14.0. The number of hydrogen-bond donors (Lipinski definition) is 1. The molecule has 6 nitrogen and oxygen atoms in total. The molecular formula is C16H29NO5. The van der Waals surface area contributed by atoms with Crippen LogP contribution in [-0.4, -0.2) is 25.5 Å². The fraction of sp³-hybridized carbons (Fsp3) is 1.00. The molecule has 1 saturated carbocycles. The molecular weight excluding hydrogens is 286 g/mol. The Morgan fingerprint density at radius 2 is 1.91 bits per heavy atom. The van der Waals surface area contributed by atoms with E-state index in [9.17, 15) is 0 Å². The molecule has 2 heterocycles. The molecule has 1 aliphatic carbocycles. The third-order valence-corrected chi connectivity index (χ3v) is 6.05. The molecule has 6 heteroatoms. The molecule has 2 N–H and O–H groups in total. The molecule has 0 aromatic rings. The van der Waals surface area contributed by atoms with E-state index in [-0.39, 0.29) is 12.2 Å². The highest BCUT2D eigenvalue weighted by molar-refractivity contribution is 4.95. The molecule has 0 amide bonds. The summed E-state index contributed by atoms with van der Waals surface area (Å²) >= 11 is 0. The lowest BCUT2D eigenvalue weighted by molar-refractivity contribution is -0.452. The molecule has 2 aliphatic heterocycles. The molecule has 128 valence electrons. The summed E-state index contributed by atoms with van der Waals surface area (Å²) in [6.45, 7) is 6.42. The lowest BCUT2D eigenvalue weighted by atomic mass is 9.61. The van der Waals surface area contributed by atoms with Gasteiger partial charge < -0.3 is 9.47 Å². The molecule has 6 unspecified atom stereocenters. The van der Waals surface area contributed by atoms with Crippen molar-refractivity contribution in [1.29, 1.82) is 0 Å². The highest BCUT2D eigenvalue weighted by atomic mass is 17.2. The summed E-state index contributed by atoms with van der Waals surface area (Å²) in [7, 11) is 1.51. The van der Waals surface area contributed by atoms with Gasteiger partial charge in [0.05, 0.1) is 7.11 Å². The largest absolute Gasteiger partial charge is 0.321 e. The number of nitrogens with two attached hydrogens (primary N) is 1. The Bertz CT molecular complexity index is 395. The fourth-order valence-corrected chi connectivity index (χ4v) is 4.83. The minimum atomic E-state index is -0.791. The van der Waals surface area contributed by atoms with Gasteiger partial charge >= 0.3 is 0 Å². The molecule has 3 aliphatic rings. The Morgan fingerprint density at radius 1 is 1.14 bits per heavy atom. The van der Waals surface area contributed by atoms with Gasteiger partial charge in [0, 0.05) is 18.3 Å². The Kier molecular flexibility index (Phi) is 4.79. The first-order chi connectivity index (χ1) is 10.5. The summed E-state index contributed by atoms with van der Waals surface area (Å²) in [6, 6.07) is 0. The minimum absolute atomic E-state index is 0.276. The van der Waals surface area contributed by atoms with Crippen LogP contribution in [0.4, 0.5) is 0 Å². The van der Waals surface area contributed by atoms with Crippen molar-refractivity contribution in [2.75, 3.05) is 7.11 Å². The van der Waals surface area contributed by atoms with Gasteiger partial charge in [-0.2, -0.15) is 0 Å². The van der Waals surface area contributed by atoms with E-state index >= 15 is 0 Å². The van der Waals surface area contributed by atoms with Crippen molar-refractivity contribution in [1.82, 2.24) is 0 Å². The lowest BCUT2D eigenvalue weighted by Crippen LogP contribution is -2.55. The van der Waals surface area contributed by atoms with E-state index in [0.29, 0.717) is 23.7 Å². The van der Waals surface area contributed by atoms with E-state index < -0.39 is 12.1 Å². The van der Waals surface area contributed by atoms with Gasteiger partial charge in [0.1, 0.15) is 0 Å². The zero-order valence-corrected chi connectivity index (χ0v) is 14.0. The van der Waals surface area contributed by atoms with Crippen molar-refractivity contribution in [2.24, 2.45) is 35.5 Å². The second-order valence-corrected chi connectivity index (χ2v) is 7.37. The normalized spacial score (nSPS) is 52.0. The van der Waals surface area contributed by atoms with Gasteiger partial charge in [-0.05, 0) is 37.5 Å². The van der Waals surface area contributed by atoms with E-state index in [1.54, 1.807) is 0 Å². The molecule has 0 spiro atoms. The molecule has 8 atom stereocenters. The SMILES string of the molecule is COOC1(C)CCC2C3C(OC(ON)[C@H](C)C3CC[C@H]2C)O1. The smallest absolute Gasteiger partial charge is 0.201 e. The maximum absolute atomic E-state index is 6.20. The quantitative estimate of drug-likeness (QED) is 0.637. The standard InChI is InChI=1S/C16H29NO5/c1-9-5-6-12-10(2)14(21-17)19-15-13(12)11(9)7-8-16(3,20-15)22-18-4/h9-15H,5-8,17H2,1-4H3/t9-,10-,11?,12?,13?,14?,15?,16?/m1/s1. The van der Waals surface area contributed by atoms with Crippen molar-refractivity contribution < 1.29 is 24.1 Å². The van der Waals surface area contributed by atoms with Gasteiger partial charge in [0.25, 0.3) is 0 Å². The molecule has 3 rings (SSSR count). The van der Waals surface area contributed by atoms with Crippen LogP contribution in [0.2, 0.25) is 0 Å². The van der Waals surface area contributed by atoms with Gasteiger partial charge in [0.15, 0.2) is 12.6 Å². The average Bonchev–Trinajstić information content (AvgIpc) is 2.63. The summed E-state index contributed by atoms with van der Waals surface area (Å²) in [4.78, 5) is 15.4. The van der Waals surface area contributed by atoms with E-state index in [0.717, 1.165) is 12.8 Å². The van der Waals surface area contributed by atoms with Crippen molar-refractivity contribution in [3.63, 3.8) is 0 Å². The van der Waals surface area contributed by atoms with Gasteiger partial charge in [-0.1, -0.05) is 20.3 Å². The topological polar surface area (TPSA) is 72.2 Å². The zero-order chi connectivity index (χ0) is 15.9. The van der Waals surface area contributed by atoms with E-state index in [1.165, 1.54) is 20.0 Å².